The van der Waals surface area contributed by atoms with Crippen molar-refractivity contribution in [3.8, 4) is 0 Å². The van der Waals surface area contributed by atoms with Crippen LogP contribution in [0.3, 0.4) is 0 Å². The van der Waals surface area contributed by atoms with Crippen molar-refractivity contribution in [3.63, 3.8) is 0 Å². The molecule has 1 aromatic rings. The molecule has 3 rings (SSSR count). The number of carbonyl (C=O) groups excluding carboxylic acids is 1. The molecule has 2 aliphatic rings. The van der Waals surface area contributed by atoms with Gasteiger partial charge in [0.2, 0.25) is 0 Å². The number of nitrogens with zero attached hydrogens (tertiary/aromatic N) is 2. The van der Waals surface area contributed by atoms with Crippen LogP contribution in [0.25, 0.3) is 0 Å². The Kier molecular flexibility index (Phi) is 6.61. The average Bonchev–Trinajstić information content (AvgIpc) is 2.88. The Bertz CT molecular complexity index is 1180. The van der Waals surface area contributed by atoms with Gasteiger partial charge in [0.1, 0.15) is 0 Å². The van der Waals surface area contributed by atoms with E-state index in [1.165, 1.54) is 0 Å². The zero-order valence-corrected chi connectivity index (χ0v) is 23.0. The molecule has 4 N–H and O–H groups in total. The second-order valence-corrected chi connectivity index (χ2v) is 16.1. The Labute approximate surface area is 202 Å². The molecular weight excluding hydrogens is 475 g/mol. The number of anilines is 2. The summed E-state index contributed by atoms with van der Waals surface area (Å²) in [6, 6.07) is 4.23. The van der Waals surface area contributed by atoms with E-state index in [-0.39, 0.29) is 28.5 Å². The summed E-state index contributed by atoms with van der Waals surface area (Å²) in [5.74, 6) is -0.235. The summed E-state index contributed by atoms with van der Waals surface area (Å²) >= 11 is 0. The van der Waals surface area contributed by atoms with Gasteiger partial charge in [-0.1, -0.05) is 0 Å². The van der Waals surface area contributed by atoms with Crippen LogP contribution in [0.1, 0.15) is 48.0 Å². The molecule has 0 saturated carbocycles. The SMILES string of the molecule is CC(C)(C)CCN1C(=O)C(C2=N[PH](C)(O)c3cc(NS(C)(=O)=O)ccc3N2)=C(O)[C@@H]1C(C)(C)C. The number of rotatable bonds is 5. The minimum absolute atomic E-state index is 0.00886. The molecule has 0 fully saturated rings. The molecule has 1 aromatic carbocycles. The number of fused-ring (bicyclic) bond motifs is 1. The first-order chi connectivity index (χ1) is 15.3. The summed E-state index contributed by atoms with van der Waals surface area (Å²) in [5.41, 5.74) is 0.502. The molecule has 9 nitrogen and oxygen atoms in total. The molecule has 2 heterocycles. The number of benzene rings is 1. The van der Waals surface area contributed by atoms with Gasteiger partial charge in [0.15, 0.2) is 0 Å². The van der Waals surface area contributed by atoms with E-state index in [0.717, 1.165) is 12.7 Å². The topological polar surface area (TPSA) is 131 Å². The third-order valence-corrected chi connectivity index (χ3v) is 8.58. The van der Waals surface area contributed by atoms with Gasteiger partial charge in [-0.3, -0.25) is 0 Å². The molecule has 0 saturated heterocycles. The van der Waals surface area contributed by atoms with E-state index in [1.54, 1.807) is 29.8 Å². The number of nitrogens with one attached hydrogen (secondary N) is 2. The summed E-state index contributed by atoms with van der Waals surface area (Å²) in [4.78, 5) is 26.5. The fourth-order valence-corrected chi connectivity index (χ4v) is 6.68. The number of hydrogen-bond donors (Lipinski definition) is 4. The third-order valence-electron chi connectivity index (χ3n) is 5.88. The van der Waals surface area contributed by atoms with Gasteiger partial charge in [0, 0.05) is 0 Å². The number of amidine groups is 1. The zero-order valence-electron chi connectivity index (χ0n) is 21.1. The Balaban J connectivity index is 2.02. The van der Waals surface area contributed by atoms with Crippen LogP contribution in [0.4, 0.5) is 11.4 Å². The second kappa shape index (κ2) is 8.50. The van der Waals surface area contributed by atoms with Crippen molar-refractivity contribution in [1.82, 2.24) is 4.90 Å². The van der Waals surface area contributed by atoms with Crippen LogP contribution in [0.2, 0.25) is 0 Å². The average molecular weight is 513 g/mol. The molecule has 1 amide bonds. The number of sulfonamides is 1. The molecule has 190 valence electrons. The van der Waals surface area contributed by atoms with Gasteiger partial charge < -0.3 is 0 Å². The first kappa shape index (κ1) is 26.4. The predicted octanol–water partition coefficient (Wildman–Crippen LogP) is 3.21. The molecule has 0 unspecified atom stereocenters. The summed E-state index contributed by atoms with van der Waals surface area (Å²) < 4.78 is 30.1. The Morgan fingerprint density at radius 1 is 1.21 bits per heavy atom. The zero-order chi connectivity index (χ0) is 25.9. The molecule has 1 atom stereocenters. The van der Waals surface area contributed by atoms with E-state index < -0.39 is 29.1 Å². The van der Waals surface area contributed by atoms with Crippen molar-refractivity contribution in [1.29, 1.82) is 0 Å². The summed E-state index contributed by atoms with van der Waals surface area (Å²) in [6.07, 6.45) is 1.81. The van der Waals surface area contributed by atoms with Crippen molar-refractivity contribution < 1.29 is 23.2 Å². The maximum absolute atomic E-state index is 13.6. The minimum atomic E-state index is -3.48. The van der Waals surface area contributed by atoms with Crippen LogP contribution in [-0.2, 0) is 14.8 Å². The van der Waals surface area contributed by atoms with E-state index in [0.29, 0.717) is 23.2 Å². The van der Waals surface area contributed by atoms with E-state index in [2.05, 4.69) is 35.6 Å². The number of hydrogen-bond acceptors (Lipinski definition) is 7. The van der Waals surface area contributed by atoms with E-state index in [4.69, 9.17) is 0 Å². The molecular formula is C23H37N4O5PS. The van der Waals surface area contributed by atoms with Crippen molar-refractivity contribution in [2.24, 2.45) is 15.6 Å². The van der Waals surface area contributed by atoms with Gasteiger partial charge in [-0.05, 0) is 0 Å². The first-order valence-corrected chi connectivity index (χ1v) is 15.5. The molecule has 0 aliphatic carbocycles. The van der Waals surface area contributed by atoms with Crippen LogP contribution < -0.4 is 15.3 Å². The van der Waals surface area contributed by atoms with Gasteiger partial charge >= 0.3 is 203 Å². The van der Waals surface area contributed by atoms with Gasteiger partial charge in [-0.2, -0.15) is 0 Å². The molecule has 0 aromatic heterocycles. The fraction of sp³-hybridized carbons (Fsp3) is 0.565. The fourth-order valence-electron chi connectivity index (χ4n) is 4.32. The predicted molar refractivity (Wildman–Crippen MR) is 141 cm³/mol. The van der Waals surface area contributed by atoms with Gasteiger partial charge in [0.25, 0.3) is 0 Å². The monoisotopic (exact) mass is 512 g/mol. The van der Waals surface area contributed by atoms with E-state index in [9.17, 15) is 23.2 Å². The van der Waals surface area contributed by atoms with Gasteiger partial charge in [0.05, 0.1) is 0 Å². The summed E-state index contributed by atoms with van der Waals surface area (Å²) in [6.45, 7) is 14.3. The number of amides is 1. The van der Waals surface area contributed by atoms with E-state index in [1.807, 2.05) is 20.8 Å². The normalized spacial score (nSPS) is 21.7. The number of aliphatic hydroxyl groups excluding tert-OH is 1. The standard InChI is InChI=1S/C23H37N4O5PS/c1-22(2,3)11-12-27-19(23(4,5)6)18(28)17(21(27)29)20-24-15-10-9-14(26-34(8,31)32)13-16(15)33(7,30)25-20/h9-10,13,19,26,28,30,33H,11-12H2,1-8H3,(H,24,25)/t19-/m1/s1. The maximum atomic E-state index is 13.6. The summed E-state index contributed by atoms with van der Waals surface area (Å²) in [5, 5.41) is 14.8. The molecule has 0 radical (unpaired) electrons. The molecule has 0 spiro atoms. The van der Waals surface area contributed by atoms with Crippen molar-refractivity contribution in [3.05, 3.63) is 29.5 Å². The van der Waals surface area contributed by atoms with Crippen LogP contribution >= 0.6 is 7.64 Å². The van der Waals surface area contributed by atoms with Crippen molar-refractivity contribution in [2.45, 2.75) is 54.0 Å². The quantitative estimate of drug-likeness (QED) is 0.448. The molecule has 34 heavy (non-hydrogen) atoms. The molecule has 0 bridgehead atoms. The van der Waals surface area contributed by atoms with Crippen LogP contribution in [-0.4, -0.2) is 60.6 Å². The number of carbonyl (C=O) groups is 1. The van der Waals surface area contributed by atoms with Gasteiger partial charge in [-0.15, -0.1) is 0 Å². The van der Waals surface area contributed by atoms with E-state index >= 15 is 0 Å². The summed E-state index contributed by atoms with van der Waals surface area (Å²) in [7, 11) is -6.96. The Morgan fingerprint density at radius 2 is 1.82 bits per heavy atom. The first-order valence-electron chi connectivity index (χ1n) is 11.3. The molecule has 11 heteroatoms. The van der Waals surface area contributed by atoms with Crippen molar-refractivity contribution >= 4 is 46.1 Å². The van der Waals surface area contributed by atoms with Crippen LogP contribution in [0, 0.1) is 10.8 Å². The van der Waals surface area contributed by atoms with Gasteiger partial charge in [-0.25, -0.2) is 0 Å². The molecule has 2 aliphatic heterocycles. The van der Waals surface area contributed by atoms with Crippen LogP contribution in [0.15, 0.2) is 34.3 Å². The van der Waals surface area contributed by atoms with Crippen molar-refractivity contribution in [2.75, 3.05) is 29.5 Å². The number of aliphatic hydroxyl groups is 1. The third kappa shape index (κ3) is 5.56. The Morgan fingerprint density at radius 3 is 2.35 bits per heavy atom. The Hall–Kier alpha value is -2.16. The second-order valence-electron chi connectivity index (χ2n) is 11.6. The van der Waals surface area contributed by atoms with Crippen LogP contribution in [0.5, 0.6) is 0 Å².